The Morgan fingerprint density at radius 1 is 1.61 bits per heavy atom. The van der Waals surface area contributed by atoms with E-state index in [1.165, 1.54) is 0 Å². The van der Waals surface area contributed by atoms with Gasteiger partial charge in [-0.1, -0.05) is 22.0 Å². The summed E-state index contributed by atoms with van der Waals surface area (Å²) in [7, 11) is 0. The van der Waals surface area contributed by atoms with Crippen LogP contribution in [0.15, 0.2) is 22.7 Å². The van der Waals surface area contributed by atoms with Crippen LogP contribution in [0.1, 0.15) is 30.9 Å². The number of carbonyl (C=O) groups is 1. The predicted octanol–water partition coefficient (Wildman–Crippen LogP) is 3.11. The highest BCUT2D eigenvalue weighted by molar-refractivity contribution is 9.10. The molecule has 0 fully saturated rings. The van der Waals surface area contributed by atoms with Crippen molar-refractivity contribution in [3.05, 3.63) is 33.8 Å². The van der Waals surface area contributed by atoms with E-state index in [1.807, 2.05) is 18.2 Å². The first-order chi connectivity index (χ1) is 8.61. The van der Waals surface area contributed by atoms with E-state index < -0.39 is 5.41 Å². The molecule has 1 atom stereocenters. The zero-order chi connectivity index (χ0) is 13.2. The molecule has 2 rings (SSSR count). The van der Waals surface area contributed by atoms with Crippen molar-refractivity contribution in [1.82, 2.24) is 0 Å². The van der Waals surface area contributed by atoms with Crippen molar-refractivity contribution in [3.63, 3.8) is 0 Å². The minimum atomic E-state index is -0.717. The van der Waals surface area contributed by atoms with Gasteiger partial charge in [0.2, 0.25) is 0 Å². The molecule has 0 radical (unpaired) electrons. The van der Waals surface area contributed by atoms with Gasteiger partial charge in [0, 0.05) is 4.47 Å². The molecule has 1 aliphatic carbocycles. The van der Waals surface area contributed by atoms with Crippen LogP contribution in [0.2, 0.25) is 0 Å². The molecule has 0 heterocycles. The van der Waals surface area contributed by atoms with E-state index in [4.69, 9.17) is 4.74 Å². The first kappa shape index (κ1) is 13.1. The van der Waals surface area contributed by atoms with Crippen molar-refractivity contribution in [2.24, 2.45) is 0 Å². The Morgan fingerprint density at radius 2 is 2.39 bits per heavy atom. The van der Waals surface area contributed by atoms with Crippen molar-refractivity contribution in [1.29, 1.82) is 5.26 Å². The Labute approximate surface area is 115 Å². The maximum atomic E-state index is 11.7. The number of aryl methyl sites for hydroxylation is 1. The third-order valence-corrected chi connectivity index (χ3v) is 3.87. The van der Waals surface area contributed by atoms with Gasteiger partial charge < -0.3 is 4.74 Å². The van der Waals surface area contributed by atoms with Crippen molar-refractivity contribution < 1.29 is 9.53 Å². The van der Waals surface area contributed by atoms with Crippen LogP contribution >= 0.6 is 15.9 Å². The molecule has 1 aliphatic rings. The number of carbonyl (C=O) groups excluding carboxylic acids is 1. The van der Waals surface area contributed by atoms with Gasteiger partial charge in [0.25, 0.3) is 0 Å². The summed E-state index contributed by atoms with van der Waals surface area (Å²) < 4.78 is 5.91. The van der Waals surface area contributed by atoms with E-state index in [0.29, 0.717) is 13.0 Å². The number of benzene rings is 1. The molecule has 0 aliphatic heterocycles. The number of esters is 1. The second kappa shape index (κ2) is 5.11. The van der Waals surface area contributed by atoms with Gasteiger partial charge in [-0.3, -0.25) is 4.79 Å². The molecule has 0 saturated carbocycles. The van der Waals surface area contributed by atoms with Crippen LogP contribution in [0.5, 0.6) is 0 Å². The van der Waals surface area contributed by atoms with Crippen LogP contribution in [-0.4, -0.2) is 12.6 Å². The smallest absolute Gasteiger partial charge is 0.307 e. The zero-order valence-corrected chi connectivity index (χ0v) is 11.8. The Balaban J connectivity index is 2.35. The average Bonchev–Trinajstić information content (AvgIpc) is 2.69. The summed E-state index contributed by atoms with van der Waals surface area (Å²) in [5, 5.41) is 9.50. The molecule has 18 heavy (non-hydrogen) atoms. The quantitative estimate of drug-likeness (QED) is 0.806. The van der Waals surface area contributed by atoms with Gasteiger partial charge in [0.15, 0.2) is 0 Å². The van der Waals surface area contributed by atoms with Crippen molar-refractivity contribution in [3.8, 4) is 6.07 Å². The van der Waals surface area contributed by atoms with E-state index in [-0.39, 0.29) is 12.4 Å². The topological polar surface area (TPSA) is 50.1 Å². The van der Waals surface area contributed by atoms with Crippen LogP contribution in [0.25, 0.3) is 0 Å². The Morgan fingerprint density at radius 3 is 3.06 bits per heavy atom. The van der Waals surface area contributed by atoms with E-state index in [0.717, 1.165) is 22.0 Å². The van der Waals surface area contributed by atoms with Crippen molar-refractivity contribution in [2.45, 2.75) is 31.6 Å². The van der Waals surface area contributed by atoms with Gasteiger partial charge in [-0.15, -0.1) is 0 Å². The van der Waals surface area contributed by atoms with E-state index in [2.05, 4.69) is 22.0 Å². The molecule has 1 unspecified atom stereocenters. The maximum absolute atomic E-state index is 11.7. The first-order valence-electron chi connectivity index (χ1n) is 5.97. The number of hydrogen-bond donors (Lipinski definition) is 0. The number of hydrogen-bond acceptors (Lipinski definition) is 3. The molecular formula is C14H14BrNO2. The van der Waals surface area contributed by atoms with Gasteiger partial charge in [0.1, 0.15) is 0 Å². The molecule has 94 valence electrons. The molecule has 0 saturated heterocycles. The number of fused-ring (bicyclic) bond motifs is 1. The lowest BCUT2D eigenvalue weighted by atomic mass is 9.80. The van der Waals surface area contributed by atoms with Gasteiger partial charge in [-0.2, -0.15) is 5.26 Å². The molecular weight excluding hydrogens is 294 g/mol. The van der Waals surface area contributed by atoms with Gasteiger partial charge in [-0.05, 0) is 43.0 Å². The number of rotatable bonds is 3. The number of halogens is 1. The minimum Gasteiger partial charge on any atom is -0.466 e. The van der Waals surface area contributed by atoms with Gasteiger partial charge >= 0.3 is 5.97 Å². The normalized spacial score (nSPS) is 21.2. The molecule has 3 nitrogen and oxygen atoms in total. The molecule has 0 amide bonds. The van der Waals surface area contributed by atoms with E-state index >= 15 is 0 Å². The van der Waals surface area contributed by atoms with E-state index in [1.54, 1.807) is 6.92 Å². The molecule has 0 N–H and O–H groups in total. The lowest BCUT2D eigenvalue weighted by molar-refractivity contribution is -0.144. The fourth-order valence-electron chi connectivity index (χ4n) is 2.49. The Bertz CT molecular complexity index is 521. The fourth-order valence-corrected chi connectivity index (χ4v) is 2.85. The molecule has 4 heteroatoms. The fraction of sp³-hybridized carbons (Fsp3) is 0.429. The Hall–Kier alpha value is -1.34. The molecule has 1 aromatic rings. The second-order valence-electron chi connectivity index (χ2n) is 4.48. The molecule has 0 bridgehead atoms. The predicted molar refractivity (Wildman–Crippen MR) is 71.0 cm³/mol. The molecule has 0 aromatic heterocycles. The second-order valence-corrected chi connectivity index (χ2v) is 5.39. The summed E-state index contributed by atoms with van der Waals surface area (Å²) in [4.78, 5) is 11.7. The molecule has 0 spiro atoms. The summed E-state index contributed by atoms with van der Waals surface area (Å²) in [6, 6.07) is 8.26. The minimum absolute atomic E-state index is 0.140. The average molecular weight is 308 g/mol. The summed E-state index contributed by atoms with van der Waals surface area (Å²) >= 11 is 3.42. The summed E-state index contributed by atoms with van der Waals surface area (Å²) in [6.07, 6.45) is 1.67. The summed E-state index contributed by atoms with van der Waals surface area (Å²) in [5.74, 6) is -0.299. The van der Waals surface area contributed by atoms with Crippen LogP contribution < -0.4 is 0 Å². The number of ether oxygens (including phenoxy) is 1. The van der Waals surface area contributed by atoms with Gasteiger partial charge in [0.05, 0.1) is 24.5 Å². The van der Waals surface area contributed by atoms with Crippen LogP contribution in [0.4, 0.5) is 0 Å². The standard InChI is InChI=1S/C14H14BrNO2/c1-2-18-13(17)8-14(9-16)6-5-10-3-4-11(15)7-12(10)14/h3-4,7H,2,5-6,8H2,1H3. The third kappa shape index (κ3) is 2.28. The van der Waals surface area contributed by atoms with Crippen LogP contribution in [0.3, 0.4) is 0 Å². The van der Waals surface area contributed by atoms with Crippen molar-refractivity contribution in [2.75, 3.05) is 6.61 Å². The highest BCUT2D eigenvalue weighted by Gasteiger charge is 2.41. The summed E-state index contributed by atoms with van der Waals surface area (Å²) in [6.45, 7) is 2.13. The monoisotopic (exact) mass is 307 g/mol. The van der Waals surface area contributed by atoms with Gasteiger partial charge in [-0.25, -0.2) is 0 Å². The summed E-state index contributed by atoms with van der Waals surface area (Å²) in [5.41, 5.74) is 1.40. The first-order valence-corrected chi connectivity index (χ1v) is 6.76. The van der Waals surface area contributed by atoms with Crippen LogP contribution in [0, 0.1) is 11.3 Å². The Kier molecular flexibility index (Phi) is 3.72. The van der Waals surface area contributed by atoms with Crippen LogP contribution in [-0.2, 0) is 21.4 Å². The molecule has 1 aromatic carbocycles. The lowest BCUT2D eigenvalue weighted by Gasteiger charge is -2.21. The van der Waals surface area contributed by atoms with Crippen molar-refractivity contribution >= 4 is 21.9 Å². The highest BCUT2D eigenvalue weighted by Crippen LogP contribution is 2.42. The number of nitriles is 1. The SMILES string of the molecule is CCOC(=O)CC1(C#N)CCc2ccc(Br)cc21. The third-order valence-electron chi connectivity index (χ3n) is 3.37. The zero-order valence-electron chi connectivity index (χ0n) is 10.2. The largest absolute Gasteiger partial charge is 0.466 e. The lowest BCUT2D eigenvalue weighted by Crippen LogP contribution is -2.26. The highest BCUT2D eigenvalue weighted by atomic mass is 79.9. The maximum Gasteiger partial charge on any atom is 0.307 e. The number of nitrogens with zero attached hydrogens (tertiary/aromatic N) is 1. The van der Waals surface area contributed by atoms with E-state index in [9.17, 15) is 10.1 Å².